The van der Waals surface area contributed by atoms with E-state index in [2.05, 4.69) is 37.1 Å². The molecule has 2 rings (SSSR count). The minimum atomic E-state index is -0.426. The zero-order valence-corrected chi connectivity index (χ0v) is 13.4. The van der Waals surface area contributed by atoms with Gasteiger partial charge < -0.3 is 4.90 Å². The maximum Gasteiger partial charge on any atom is 0.269 e. The van der Waals surface area contributed by atoms with E-state index in [0.29, 0.717) is 11.8 Å². The Kier molecular flexibility index (Phi) is 5.75. The van der Waals surface area contributed by atoms with Crippen molar-refractivity contribution in [2.75, 3.05) is 16.7 Å². The van der Waals surface area contributed by atoms with E-state index in [1.165, 1.54) is 12.1 Å². The maximum atomic E-state index is 10.6. The summed E-state index contributed by atoms with van der Waals surface area (Å²) >= 11 is 8.49. The summed E-state index contributed by atoms with van der Waals surface area (Å²) in [7, 11) is 0. The Bertz CT molecular complexity index is 700. The smallest absolute Gasteiger partial charge is 0.269 e. The molecule has 0 fully saturated rings. The number of non-ortho nitro benzene ring substituents is 1. The molecule has 0 amide bonds. The summed E-state index contributed by atoms with van der Waals surface area (Å²) in [4.78, 5) is 12.2. The van der Waals surface area contributed by atoms with Gasteiger partial charge in [-0.3, -0.25) is 10.1 Å². The van der Waals surface area contributed by atoms with E-state index in [0.717, 1.165) is 16.8 Å². The lowest BCUT2D eigenvalue weighted by molar-refractivity contribution is -0.384. The summed E-state index contributed by atoms with van der Waals surface area (Å²) in [5, 5.41) is 10.6. The molecule has 0 saturated carbocycles. The second kappa shape index (κ2) is 7.78. The SMILES string of the molecule is O=[N+]([O-])c1ccc(C#Cc2ccc(N(CS)CS)cc2)cc1. The Balaban J connectivity index is 2.13. The van der Waals surface area contributed by atoms with Crippen LogP contribution in [0.5, 0.6) is 0 Å². The molecule has 0 spiro atoms. The van der Waals surface area contributed by atoms with Crippen LogP contribution in [0.1, 0.15) is 11.1 Å². The van der Waals surface area contributed by atoms with Gasteiger partial charge in [-0.1, -0.05) is 11.8 Å². The molecule has 0 saturated heterocycles. The Hall–Kier alpha value is -2.10. The van der Waals surface area contributed by atoms with E-state index in [1.807, 2.05) is 29.2 Å². The van der Waals surface area contributed by atoms with Crippen molar-refractivity contribution in [1.82, 2.24) is 0 Å². The van der Waals surface area contributed by atoms with Crippen LogP contribution in [-0.2, 0) is 0 Å². The Morgan fingerprint density at radius 2 is 1.36 bits per heavy atom. The monoisotopic (exact) mass is 330 g/mol. The lowest BCUT2D eigenvalue weighted by Gasteiger charge is -2.19. The van der Waals surface area contributed by atoms with Crippen molar-refractivity contribution in [3.8, 4) is 11.8 Å². The van der Waals surface area contributed by atoms with Gasteiger partial charge in [-0.05, 0) is 36.4 Å². The molecule has 0 heterocycles. The van der Waals surface area contributed by atoms with Crippen molar-refractivity contribution >= 4 is 36.6 Å². The number of nitrogens with zero attached hydrogens (tertiary/aromatic N) is 2. The van der Waals surface area contributed by atoms with Gasteiger partial charge in [0.25, 0.3) is 5.69 Å². The van der Waals surface area contributed by atoms with Gasteiger partial charge in [0.1, 0.15) is 0 Å². The Morgan fingerprint density at radius 3 is 1.77 bits per heavy atom. The molecule has 6 heteroatoms. The van der Waals surface area contributed by atoms with Gasteiger partial charge in [0.2, 0.25) is 0 Å². The van der Waals surface area contributed by atoms with Gasteiger partial charge in [0, 0.05) is 28.9 Å². The zero-order valence-electron chi connectivity index (χ0n) is 11.6. The standard InChI is InChI=1S/C16H14N2O2S2/c19-18(20)16-9-5-14(6-10-16)2-1-13-3-7-15(8-4-13)17(11-21)12-22/h3-10,21-22H,11-12H2. The van der Waals surface area contributed by atoms with Crippen LogP contribution in [0.15, 0.2) is 48.5 Å². The van der Waals surface area contributed by atoms with E-state index in [4.69, 9.17) is 0 Å². The van der Waals surface area contributed by atoms with Crippen LogP contribution < -0.4 is 4.90 Å². The fourth-order valence-electron chi connectivity index (χ4n) is 1.77. The first-order valence-corrected chi connectivity index (χ1v) is 7.73. The number of nitro benzene ring substituents is 1. The predicted octanol–water partition coefficient (Wildman–Crippen LogP) is 3.58. The quantitative estimate of drug-likeness (QED) is 0.296. The molecule has 0 aliphatic heterocycles. The summed E-state index contributed by atoms with van der Waals surface area (Å²) in [6.45, 7) is 0. The molecule has 0 unspecified atom stereocenters. The number of hydrogen-bond donors (Lipinski definition) is 2. The summed E-state index contributed by atoms with van der Waals surface area (Å²) in [6, 6.07) is 14.0. The van der Waals surface area contributed by atoms with Crippen LogP contribution in [-0.4, -0.2) is 16.7 Å². The van der Waals surface area contributed by atoms with Gasteiger partial charge in [-0.25, -0.2) is 0 Å². The van der Waals surface area contributed by atoms with Crippen LogP contribution in [0.4, 0.5) is 11.4 Å². The molecule has 2 aromatic carbocycles. The topological polar surface area (TPSA) is 46.4 Å². The normalized spacial score (nSPS) is 9.73. The van der Waals surface area contributed by atoms with Crippen molar-refractivity contribution in [3.05, 3.63) is 69.8 Å². The number of anilines is 1. The third-order valence-corrected chi connectivity index (χ3v) is 3.69. The molecule has 4 nitrogen and oxygen atoms in total. The number of benzene rings is 2. The Morgan fingerprint density at radius 1 is 0.909 bits per heavy atom. The molecule has 0 N–H and O–H groups in total. The van der Waals surface area contributed by atoms with E-state index < -0.39 is 4.92 Å². The van der Waals surface area contributed by atoms with E-state index in [-0.39, 0.29) is 5.69 Å². The highest BCUT2D eigenvalue weighted by molar-refractivity contribution is 7.81. The lowest BCUT2D eigenvalue weighted by Crippen LogP contribution is -2.18. The summed E-state index contributed by atoms with van der Waals surface area (Å²) < 4.78 is 0. The van der Waals surface area contributed by atoms with Crippen molar-refractivity contribution in [2.45, 2.75) is 0 Å². The molecule has 22 heavy (non-hydrogen) atoms. The minimum absolute atomic E-state index is 0.0634. The second-order valence-corrected chi connectivity index (χ2v) is 4.99. The molecule has 2 aromatic rings. The van der Waals surface area contributed by atoms with E-state index >= 15 is 0 Å². The van der Waals surface area contributed by atoms with Crippen molar-refractivity contribution in [3.63, 3.8) is 0 Å². The molecule has 0 radical (unpaired) electrons. The average Bonchev–Trinajstić information content (AvgIpc) is 2.55. The molecule has 0 atom stereocenters. The predicted molar refractivity (Wildman–Crippen MR) is 95.7 cm³/mol. The van der Waals surface area contributed by atoms with Crippen LogP contribution in [0.25, 0.3) is 0 Å². The molecule has 0 aliphatic rings. The van der Waals surface area contributed by atoms with Gasteiger partial charge in [0.15, 0.2) is 0 Å². The van der Waals surface area contributed by atoms with Crippen LogP contribution >= 0.6 is 25.3 Å². The van der Waals surface area contributed by atoms with Gasteiger partial charge in [0.05, 0.1) is 16.7 Å². The lowest BCUT2D eigenvalue weighted by atomic mass is 10.1. The van der Waals surface area contributed by atoms with Gasteiger partial charge >= 0.3 is 0 Å². The minimum Gasteiger partial charge on any atom is -0.354 e. The van der Waals surface area contributed by atoms with Crippen molar-refractivity contribution in [2.24, 2.45) is 0 Å². The summed E-state index contributed by atoms with van der Waals surface area (Å²) in [5.74, 6) is 7.21. The maximum absolute atomic E-state index is 10.6. The summed E-state index contributed by atoms with van der Waals surface area (Å²) in [6.07, 6.45) is 0. The highest BCUT2D eigenvalue weighted by Gasteiger charge is 2.03. The molecular weight excluding hydrogens is 316 g/mol. The van der Waals surface area contributed by atoms with Crippen LogP contribution in [0.3, 0.4) is 0 Å². The first-order valence-electron chi connectivity index (χ1n) is 6.47. The zero-order chi connectivity index (χ0) is 15.9. The third kappa shape index (κ3) is 4.20. The fraction of sp³-hybridized carbons (Fsp3) is 0.125. The van der Waals surface area contributed by atoms with E-state index in [1.54, 1.807) is 12.1 Å². The molecule has 0 aliphatic carbocycles. The Labute approximate surface area is 140 Å². The number of rotatable bonds is 4. The second-order valence-electron chi connectivity index (χ2n) is 4.42. The molecule has 112 valence electrons. The highest BCUT2D eigenvalue weighted by Crippen LogP contribution is 2.16. The highest BCUT2D eigenvalue weighted by atomic mass is 32.1. The largest absolute Gasteiger partial charge is 0.354 e. The fourth-order valence-corrected chi connectivity index (χ4v) is 2.46. The molecular formula is C16H14N2O2S2. The first kappa shape index (κ1) is 16.3. The van der Waals surface area contributed by atoms with E-state index in [9.17, 15) is 10.1 Å². The molecule has 0 bridgehead atoms. The molecule has 0 aromatic heterocycles. The van der Waals surface area contributed by atoms with Gasteiger partial charge in [-0.2, -0.15) is 25.3 Å². The number of nitro groups is 1. The average molecular weight is 330 g/mol. The first-order chi connectivity index (χ1) is 10.6. The number of hydrogen-bond acceptors (Lipinski definition) is 5. The van der Waals surface area contributed by atoms with Crippen molar-refractivity contribution < 1.29 is 4.92 Å². The third-order valence-electron chi connectivity index (χ3n) is 3.00. The van der Waals surface area contributed by atoms with Crippen molar-refractivity contribution in [1.29, 1.82) is 0 Å². The summed E-state index contributed by atoms with van der Waals surface area (Å²) in [5.41, 5.74) is 2.71. The van der Waals surface area contributed by atoms with Gasteiger partial charge in [-0.15, -0.1) is 0 Å². The van der Waals surface area contributed by atoms with Crippen LogP contribution in [0, 0.1) is 22.0 Å². The van der Waals surface area contributed by atoms with Crippen LogP contribution in [0.2, 0.25) is 0 Å². The number of thiol groups is 2.